The minimum atomic E-state index is -0.542. The summed E-state index contributed by atoms with van der Waals surface area (Å²) in [5.41, 5.74) is 7.16. The smallest absolute Gasteiger partial charge is 0.241 e. The van der Waals surface area contributed by atoms with Crippen LogP contribution in [0.1, 0.15) is 13.8 Å². The summed E-state index contributed by atoms with van der Waals surface area (Å²) in [4.78, 5) is 24.2. The zero-order chi connectivity index (χ0) is 14.0. The van der Waals surface area contributed by atoms with Crippen molar-refractivity contribution in [1.82, 2.24) is 0 Å². The summed E-state index contributed by atoms with van der Waals surface area (Å²) in [5.74, 6) is 0.259. The normalized spacial score (nSPS) is 14.9. The molecule has 0 spiro atoms. The maximum absolute atomic E-state index is 11.9. The second-order valence-electron chi connectivity index (χ2n) is 4.81. The third-order valence-corrected chi connectivity index (χ3v) is 3.97. The van der Waals surface area contributed by atoms with Crippen molar-refractivity contribution in [1.29, 1.82) is 0 Å². The Morgan fingerprint density at radius 1 is 1.45 bits per heavy atom. The Morgan fingerprint density at radius 3 is 2.80 bits per heavy atom. The number of rotatable bonds is 3. The highest BCUT2D eigenvalue weighted by molar-refractivity contribution is 8.00. The number of hydrogen-bond acceptors (Lipinski definition) is 4. The first-order valence-corrected chi connectivity index (χ1v) is 7.09. The van der Waals surface area contributed by atoms with Gasteiger partial charge < -0.3 is 16.4 Å². The van der Waals surface area contributed by atoms with Crippen LogP contribution < -0.4 is 16.4 Å². The molecule has 1 heterocycles. The molecule has 1 aromatic rings. The van der Waals surface area contributed by atoms with E-state index in [0.29, 0.717) is 11.4 Å². The highest BCUT2D eigenvalue weighted by Crippen LogP contribution is 2.33. The van der Waals surface area contributed by atoms with E-state index >= 15 is 0 Å². The first kappa shape index (κ1) is 16.8. The minimum Gasteiger partial charge on any atom is -0.325 e. The number of carbonyl (C=O) groups excluding carboxylic acids is 2. The Balaban J connectivity index is 0.00000200. The van der Waals surface area contributed by atoms with Gasteiger partial charge in [-0.25, -0.2) is 0 Å². The zero-order valence-corrected chi connectivity index (χ0v) is 12.9. The van der Waals surface area contributed by atoms with Crippen LogP contribution in [0.25, 0.3) is 0 Å². The fourth-order valence-electron chi connectivity index (χ4n) is 1.69. The van der Waals surface area contributed by atoms with Gasteiger partial charge in [-0.1, -0.05) is 13.8 Å². The highest BCUT2D eigenvalue weighted by Gasteiger charge is 2.19. The molecule has 0 unspecified atom stereocenters. The van der Waals surface area contributed by atoms with Crippen molar-refractivity contribution in [2.75, 3.05) is 16.4 Å². The van der Waals surface area contributed by atoms with E-state index in [0.717, 1.165) is 10.6 Å². The quantitative estimate of drug-likeness (QED) is 0.797. The summed E-state index contributed by atoms with van der Waals surface area (Å²) < 4.78 is 0. The SMILES string of the molecule is CC(C)[C@@H](N)C(=O)Nc1ccc2c(c1)NC(=O)CS2.Cl. The van der Waals surface area contributed by atoms with E-state index in [1.54, 1.807) is 6.07 Å². The number of nitrogens with two attached hydrogens (primary N) is 1. The van der Waals surface area contributed by atoms with Gasteiger partial charge in [-0.3, -0.25) is 9.59 Å². The first-order valence-electron chi connectivity index (χ1n) is 6.10. The number of benzene rings is 1. The lowest BCUT2D eigenvalue weighted by molar-refractivity contribution is -0.118. The molecule has 110 valence electrons. The number of fused-ring (bicyclic) bond motifs is 1. The van der Waals surface area contributed by atoms with Crippen molar-refractivity contribution in [3.05, 3.63) is 18.2 Å². The average Bonchev–Trinajstić information content (AvgIpc) is 2.37. The zero-order valence-electron chi connectivity index (χ0n) is 11.3. The Kier molecular flexibility index (Phi) is 5.86. The molecule has 0 fully saturated rings. The third-order valence-electron chi connectivity index (χ3n) is 2.90. The Bertz CT molecular complexity index is 522. The van der Waals surface area contributed by atoms with Gasteiger partial charge in [0.05, 0.1) is 17.5 Å². The van der Waals surface area contributed by atoms with E-state index in [1.807, 2.05) is 26.0 Å². The predicted octanol–water partition coefficient (Wildman–Crippen LogP) is 2.07. The molecule has 5 nitrogen and oxygen atoms in total. The molecule has 2 amide bonds. The van der Waals surface area contributed by atoms with Crippen LogP contribution in [0.5, 0.6) is 0 Å². The highest BCUT2D eigenvalue weighted by atomic mass is 35.5. The summed E-state index contributed by atoms with van der Waals surface area (Å²) in [7, 11) is 0. The number of halogens is 1. The fourth-order valence-corrected chi connectivity index (χ4v) is 2.48. The van der Waals surface area contributed by atoms with Crippen LogP contribution in [-0.4, -0.2) is 23.6 Å². The second kappa shape index (κ2) is 6.97. The van der Waals surface area contributed by atoms with Gasteiger partial charge in [-0.2, -0.15) is 0 Å². The standard InChI is InChI=1S/C13H17N3O2S.ClH/c1-7(2)12(14)13(18)15-8-3-4-10-9(5-8)16-11(17)6-19-10;/h3-5,7,12H,6,14H2,1-2H3,(H,15,18)(H,16,17);1H/t12-;/m1./s1. The lowest BCUT2D eigenvalue weighted by Gasteiger charge is -2.19. The summed E-state index contributed by atoms with van der Waals surface area (Å²) in [5, 5.41) is 5.55. The van der Waals surface area contributed by atoms with E-state index in [9.17, 15) is 9.59 Å². The van der Waals surface area contributed by atoms with Crippen LogP contribution in [0.4, 0.5) is 11.4 Å². The van der Waals surface area contributed by atoms with Crippen molar-refractivity contribution in [2.45, 2.75) is 24.8 Å². The molecule has 0 aliphatic carbocycles. The first-order chi connectivity index (χ1) is 8.97. The topological polar surface area (TPSA) is 84.2 Å². The van der Waals surface area contributed by atoms with Crippen molar-refractivity contribution < 1.29 is 9.59 Å². The average molecular weight is 316 g/mol. The number of nitrogens with one attached hydrogen (secondary N) is 2. The number of amides is 2. The number of anilines is 2. The van der Waals surface area contributed by atoms with E-state index in [2.05, 4.69) is 10.6 Å². The van der Waals surface area contributed by atoms with Gasteiger partial charge in [0.1, 0.15) is 0 Å². The van der Waals surface area contributed by atoms with Gasteiger partial charge in [-0.15, -0.1) is 24.2 Å². The minimum absolute atomic E-state index is 0. The molecule has 1 atom stereocenters. The van der Waals surface area contributed by atoms with Gasteiger partial charge in [0, 0.05) is 10.6 Å². The Hall–Kier alpha value is -1.24. The van der Waals surface area contributed by atoms with Crippen LogP contribution in [0.2, 0.25) is 0 Å². The van der Waals surface area contributed by atoms with E-state index in [-0.39, 0.29) is 30.1 Å². The van der Waals surface area contributed by atoms with Crippen LogP contribution in [-0.2, 0) is 9.59 Å². The maximum Gasteiger partial charge on any atom is 0.241 e. The third kappa shape index (κ3) is 3.88. The van der Waals surface area contributed by atoms with Crippen LogP contribution in [0.3, 0.4) is 0 Å². The molecule has 0 radical (unpaired) electrons. The lowest BCUT2D eigenvalue weighted by atomic mass is 10.0. The molecule has 0 saturated carbocycles. The molecule has 0 aromatic heterocycles. The van der Waals surface area contributed by atoms with Crippen LogP contribution in [0.15, 0.2) is 23.1 Å². The van der Waals surface area contributed by atoms with Crippen molar-refractivity contribution in [2.24, 2.45) is 11.7 Å². The Morgan fingerprint density at radius 2 is 2.15 bits per heavy atom. The molecular weight excluding hydrogens is 298 g/mol. The van der Waals surface area contributed by atoms with Gasteiger partial charge in [0.2, 0.25) is 11.8 Å². The molecule has 4 N–H and O–H groups in total. The molecule has 7 heteroatoms. The van der Waals surface area contributed by atoms with Gasteiger partial charge >= 0.3 is 0 Å². The van der Waals surface area contributed by atoms with Crippen LogP contribution >= 0.6 is 24.2 Å². The lowest BCUT2D eigenvalue weighted by Crippen LogP contribution is -2.39. The molecule has 2 rings (SSSR count). The van der Waals surface area contributed by atoms with Crippen molar-refractivity contribution in [3.63, 3.8) is 0 Å². The van der Waals surface area contributed by atoms with Gasteiger partial charge in [0.15, 0.2) is 0 Å². The molecule has 1 aliphatic rings. The number of hydrogen-bond donors (Lipinski definition) is 3. The molecule has 0 saturated heterocycles. The summed E-state index contributed by atoms with van der Waals surface area (Å²) in [6.07, 6.45) is 0. The molecule has 20 heavy (non-hydrogen) atoms. The maximum atomic E-state index is 11.9. The Labute approximate surface area is 128 Å². The van der Waals surface area contributed by atoms with E-state index in [1.165, 1.54) is 11.8 Å². The number of thioether (sulfide) groups is 1. The molecular formula is C13H18ClN3O2S. The summed E-state index contributed by atoms with van der Waals surface area (Å²) >= 11 is 1.49. The van der Waals surface area contributed by atoms with Crippen molar-refractivity contribution in [3.8, 4) is 0 Å². The van der Waals surface area contributed by atoms with Crippen molar-refractivity contribution >= 4 is 47.4 Å². The monoisotopic (exact) mass is 315 g/mol. The largest absolute Gasteiger partial charge is 0.325 e. The summed E-state index contributed by atoms with van der Waals surface area (Å²) in [6.45, 7) is 3.79. The molecule has 1 aliphatic heterocycles. The second-order valence-corrected chi connectivity index (χ2v) is 5.82. The van der Waals surface area contributed by atoms with E-state index in [4.69, 9.17) is 5.73 Å². The van der Waals surface area contributed by atoms with Gasteiger partial charge in [-0.05, 0) is 24.1 Å². The summed E-state index contributed by atoms with van der Waals surface area (Å²) in [6, 6.07) is 4.91. The van der Waals surface area contributed by atoms with Gasteiger partial charge in [0.25, 0.3) is 0 Å². The molecule has 0 bridgehead atoms. The number of carbonyl (C=O) groups is 2. The fraction of sp³-hybridized carbons (Fsp3) is 0.385. The van der Waals surface area contributed by atoms with E-state index < -0.39 is 6.04 Å². The molecule has 1 aromatic carbocycles. The predicted molar refractivity (Wildman–Crippen MR) is 84.5 cm³/mol. The van der Waals surface area contributed by atoms with Crippen LogP contribution in [0, 0.1) is 5.92 Å².